The van der Waals surface area contributed by atoms with Crippen LogP contribution >= 0.6 is 23.2 Å². The van der Waals surface area contributed by atoms with Gasteiger partial charge in [0, 0.05) is 21.7 Å². The van der Waals surface area contributed by atoms with Gasteiger partial charge in [-0.15, -0.1) is 0 Å². The van der Waals surface area contributed by atoms with E-state index in [2.05, 4.69) is 0 Å². The van der Waals surface area contributed by atoms with Crippen molar-refractivity contribution in [2.75, 3.05) is 13.7 Å². The lowest BCUT2D eigenvalue weighted by Gasteiger charge is -2.09. The Labute approximate surface area is 156 Å². The lowest BCUT2D eigenvalue weighted by molar-refractivity contribution is -0.138. The number of methoxy groups -OCH3 is 1. The maximum Gasteiger partial charge on any atom is 0.331 e. The summed E-state index contributed by atoms with van der Waals surface area (Å²) >= 11 is 11.9. The fourth-order valence-corrected chi connectivity index (χ4v) is 2.53. The van der Waals surface area contributed by atoms with E-state index in [1.54, 1.807) is 43.5 Å². The highest BCUT2D eigenvalue weighted by Gasteiger charge is 2.06. The molecule has 4 nitrogen and oxygen atoms in total. The molecule has 0 aliphatic heterocycles. The molecule has 0 N–H and O–H groups in total. The molecule has 0 unspecified atom stereocenters. The quantitative estimate of drug-likeness (QED) is 0.491. The summed E-state index contributed by atoms with van der Waals surface area (Å²) < 4.78 is 15.9. The number of hydrogen-bond donors (Lipinski definition) is 0. The minimum Gasteiger partial charge on any atom is -0.493 e. The van der Waals surface area contributed by atoms with Gasteiger partial charge < -0.3 is 14.2 Å². The van der Waals surface area contributed by atoms with Gasteiger partial charge in [0.15, 0.2) is 11.5 Å². The fraction of sp³-hybridized carbons (Fsp3) is 0.211. The summed E-state index contributed by atoms with van der Waals surface area (Å²) in [7, 11) is 1.56. The Kier molecular flexibility index (Phi) is 7.16. The van der Waals surface area contributed by atoms with Crippen molar-refractivity contribution in [3.63, 3.8) is 0 Å². The molecule has 0 aromatic heterocycles. The summed E-state index contributed by atoms with van der Waals surface area (Å²) in [6, 6.07) is 10.4. The number of carbonyl (C=O) groups excluding carboxylic acids is 1. The molecule has 0 atom stereocenters. The van der Waals surface area contributed by atoms with Crippen molar-refractivity contribution in [1.29, 1.82) is 0 Å². The van der Waals surface area contributed by atoms with Gasteiger partial charge in [0.25, 0.3) is 0 Å². The van der Waals surface area contributed by atoms with Gasteiger partial charge in [0.2, 0.25) is 0 Å². The van der Waals surface area contributed by atoms with Gasteiger partial charge in [0.05, 0.1) is 13.7 Å². The van der Waals surface area contributed by atoms with Crippen molar-refractivity contribution in [3.8, 4) is 11.5 Å². The van der Waals surface area contributed by atoms with Crippen LogP contribution in [-0.2, 0) is 16.1 Å². The number of ether oxygens (including phenoxy) is 3. The molecule has 0 amide bonds. The van der Waals surface area contributed by atoms with E-state index >= 15 is 0 Å². The zero-order valence-electron chi connectivity index (χ0n) is 13.9. The second-order valence-corrected chi connectivity index (χ2v) is 5.86. The Balaban J connectivity index is 1.97. The summed E-state index contributed by atoms with van der Waals surface area (Å²) in [6.07, 6.45) is 2.99. The highest BCUT2D eigenvalue weighted by Crippen LogP contribution is 2.28. The Hall–Kier alpha value is -2.17. The average Bonchev–Trinajstić information content (AvgIpc) is 2.60. The van der Waals surface area contributed by atoms with Crippen molar-refractivity contribution >= 4 is 35.2 Å². The molecule has 0 fully saturated rings. The van der Waals surface area contributed by atoms with Crippen LogP contribution in [0, 0.1) is 0 Å². The number of esters is 1. The Bertz CT molecular complexity index is 772. The van der Waals surface area contributed by atoms with E-state index in [1.165, 1.54) is 6.08 Å². The molecule has 0 saturated carbocycles. The van der Waals surface area contributed by atoms with Crippen LogP contribution in [0.15, 0.2) is 42.5 Å². The first-order valence-electron chi connectivity index (χ1n) is 7.63. The van der Waals surface area contributed by atoms with Crippen LogP contribution < -0.4 is 9.47 Å². The molecule has 0 spiro atoms. The van der Waals surface area contributed by atoms with Crippen LogP contribution in [0.3, 0.4) is 0 Å². The van der Waals surface area contributed by atoms with Gasteiger partial charge in [-0.25, -0.2) is 4.79 Å². The first-order valence-corrected chi connectivity index (χ1v) is 8.38. The Morgan fingerprint density at radius 1 is 1.12 bits per heavy atom. The van der Waals surface area contributed by atoms with Gasteiger partial charge in [-0.05, 0) is 42.8 Å². The van der Waals surface area contributed by atoms with E-state index in [0.29, 0.717) is 33.7 Å². The van der Waals surface area contributed by atoms with Gasteiger partial charge in [0.1, 0.15) is 6.61 Å². The second-order valence-electron chi connectivity index (χ2n) is 5.02. The zero-order chi connectivity index (χ0) is 18.2. The summed E-state index contributed by atoms with van der Waals surface area (Å²) in [5, 5.41) is 0.991. The summed E-state index contributed by atoms with van der Waals surface area (Å²) in [6.45, 7) is 2.52. The maximum absolute atomic E-state index is 11.9. The lowest BCUT2D eigenvalue weighted by Crippen LogP contribution is -2.01. The summed E-state index contributed by atoms with van der Waals surface area (Å²) in [5.41, 5.74) is 1.48. The molecule has 6 heteroatoms. The minimum atomic E-state index is -0.473. The second kappa shape index (κ2) is 9.35. The molecule has 0 bridgehead atoms. The number of hydrogen-bond acceptors (Lipinski definition) is 4. The highest BCUT2D eigenvalue weighted by molar-refractivity contribution is 6.35. The van der Waals surface area contributed by atoms with Crippen molar-refractivity contribution < 1.29 is 19.0 Å². The topological polar surface area (TPSA) is 44.8 Å². The van der Waals surface area contributed by atoms with Crippen LogP contribution in [0.2, 0.25) is 10.0 Å². The molecule has 2 aromatic rings. The predicted octanol–water partition coefficient (Wildman–Crippen LogP) is 5.16. The maximum atomic E-state index is 11.9. The van der Waals surface area contributed by atoms with E-state index in [0.717, 1.165) is 5.56 Å². The monoisotopic (exact) mass is 380 g/mol. The lowest BCUT2D eigenvalue weighted by atomic mass is 10.2. The summed E-state index contributed by atoms with van der Waals surface area (Å²) in [5.74, 6) is 0.784. The van der Waals surface area contributed by atoms with Gasteiger partial charge >= 0.3 is 5.97 Å². The van der Waals surface area contributed by atoms with E-state index in [9.17, 15) is 4.79 Å². The van der Waals surface area contributed by atoms with Crippen LogP contribution in [0.25, 0.3) is 6.08 Å². The molecule has 25 heavy (non-hydrogen) atoms. The molecule has 2 aromatic carbocycles. The number of halogens is 2. The van der Waals surface area contributed by atoms with Gasteiger partial charge in [-0.1, -0.05) is 35.3 Å². The molecular weight excluding hydrogens is 363 g/mol. The molecular formula is C19H18Cl2O4. The minimum absolute atomic E-state index is 0.0752. The van der Waals surface area contributed by atoms with Crippen molar-refractivity contribution in [1.82, 2.24) is 0 Å². The van der Waals surface area contributed by atoms with Crippen molar-refractivity contribution in [2.24, 2.45) is 0 Å². The molecule has 0 radical (unpaired) electrons. The first kappa shape index (κ1) is 19.2. The fourth-order valence-electron chi connectivity index (χ4n) is 2.06. The molecule has 0 aliphatic rings. The van der Waals surface area contributed by atoms with E-state index in [1.807, 2.05) is 13.0 Å². The molecule has 2 rings (SSSR count). The smallest absolute Gasteiger partial charge is 0.331 e. The normalized spacial score (nSPS) is 10.7. The average molecular weight is 381 g/mol. The molecule has 0 aliphatic carbocycles. The molecule has 132 valence electrons. The van der Waals surface area contributed by atoms with Crippen molar-refractivity contribution in [2.45, 2.75) is 13.5 Å². The van der Waals surface area contributed by atoms with Crippen LogP contribution in [0.5, 0.6) is 11.5 Å². The van der Waals surface area contributed by atoms with E-state index in [4.69, 9.17) is 37.4 Å². The van der Waals surface area contributed by atoms with Gasteiger partial charge in [-0.3, -0.25) is 0 Å². The third kappa shape index (κ3) is 5.69. The van der Waals surface area contributed by atoms with E-state index in [-0.39, 0.29) is 6.61 Å². The predicted molar refractivity (Wildman–Crippen MR) is 99.5 cm³/mol. The van der Waals surface area contributed by atoms with E-state index < -0.39 is 5.97 Å². The summed E-state index contributed by atoms with van der Waals surface area (Å²) in [4.78, 5) is 11.9. The first-order chi connectivity index (χ1) is 12.0. The third-order valence-corrected chi connectivity index (χ3v) is 3.87. The highest BCUT2D eigenvalue weighted by atomic mass is 35.5. The number of rotatable bonds is 7. The molecule has 0 heterocycles. The number of benzene rings is 2. The van der Waals surface area contributed by atoms with Crippen LogP contribution in [-0.4, -0.2) is 19.7 Å². The third-order valence-electron chi connectivity index (χ3n) is 3.28. The Morgan fingerprint density at radius 2 is 1.92 bits per heavy atom. The molecule has 0 saturated heterocycles. The van der Waals surface area contributed by atoms with Crippen LogP contribution in [0.4, 0.5) is 0 Å². The van der Waals surface area contributed by atoms with Crippen molar-refractivity contribution in [3.05, 3.63) is 63.6 Å². The van der Waals surface area contributed by atoms with Crippen LogP contribution in [0.1, 0.15) is 18.1 Å². The standard InChI is InChI=1S/C19H18Cl2O4/c1-3-24-17-8-4-13(10-18(17)23-2)5-9-19(22)25-12-14-6-7-15(20)11-16(14)21/h4-11H,3,12H2,1-2H3/b9-5+. The largest absolute Gasteiger partial charge is 0.493 e. The number of carbonyl (C=O) groups is 1. The SMILES string of the molecule is CCOc1ccc(/C=C/C(=O)OCc2ccc(Cl)cc2Cl)cc1OC. The van der Waals surface area contributed by atoms with Gasteiger partial charge in [-0.2, -0.15) is 0 Å². The zero-order valence-corrected chi connectivity index (χ0v) is 15.4. The Morgan fingerprint density at radius 3 is 2.60 bits per heavy atom.